The fourth-order valence-electron chi connectivity index (χ4n) is 0.936. The van der Waals surface area contributed by atoms with Crippen molar-refractivity contribution in [2.45, 2.75) is 13.0 Å². The SMILES string of the molecule is CNCc1ccc(CC(=O)O)s1. The van der Waals surface area contributed by atoms with Gasteiger partial charge in [0.05, 0.1) is 6.42 Å². The van der Waals surface area contributed by atoms with Gasteiger partial charge in [0.15, 0.2) is 0 Å². The van der Waals surface area contributed by atoms with Crippen LogP contribution in [0.5, 0.6) is 0 Å². The average Bonchev–Trinajstić information content (AvgIpc) is 2.36. The van der Waals surface area contributed by atoms with Crippen LogP contribution in [0.15, 0.2) is 12.1 Å². The minimum atomic E-state index is -0.771. The van der Waals surface area contributed by atoms with Crippen LogP contribution in [-0.4, -0.2) is 18.1 Å². The van der Waals surface area contributed by atoms with Crippen molar-refractivity contribution in [3.63, 3.8) is 0 Å². The van der Waals surface area contributed by atoms with Crippen LogP contribution in [0.4, 0.5) is 0 Å². The first kappa shape index (κ1) is 9.22. The minimum absolute atomic E-state index is 0.133. The van der Waals surface area contributed by atoms with Gasteiger partial charge >= 0.3 is 5.97 Å². The van der Waals surface area contributed by atoms with Crippen LogP contribution in [0.25, 0.3) is 0 Å². The second-order valence-electron chi connectivity index (χ2n) is 2.47. The summed E-state index contributed by atoms with van der Waals surface area (Å²) in [4.78, 5) is 12.4. The van der Waals surface area contributed by atoms with Crippen molar-refractivity contribution in [1.29, 1.82) is 0 Å². The molecule has 0 fully saturated rings. The molecule has 12 heavy (non-hydrogen) atoms. The monoisotopic (exact) mass is 185 g/mol. The van der Waals surface area contributed by atoms with Gasteiger partial charge < -0.3 is 10.4 Å². The van der Waals surface area contributed by atoms with Crippen molar-refractivity contribution in [2.24, 2.45) is 0 Å². The molecule has 0 aliphatic rings. The van der Waals surface area contributed by atoms with Gasteiger partial charge in [0.25, 0.3) is 0 Å². The lowest BCUT2D eigenvalue weighted by Gasteiger charge is -1.91. The van der Waals surface area contributed by atoms with Crippen molar-refractivity contribution < 1.29 is 9.90 Å². The third-order valence-corrected chi connectivity index (χ3v) is 2.48. The summed E-state index contributed by atoms with van der Waals surface area (Å²) in [5, 5.41) is 11.5. The summed E-state index contributed by atoms with van der Waals surface area (Å²) in [6.07, 6.45) is 0.133. The molecule has 0 saturated heterocycles. The van der Waals surface area contributed by atoms with Crippen molar-refractivity contribution in [3.8, 4) is 0 Å². The molecule has 0 radical (unpaired) electrons. The van der Waals surface area contributed by atoms with Crippen molar-refractivity contribution in [2.75, 3.05) is 7.05 Å². The van der Waals surface area contributed by atoms with Gasteiger partial charge in [-0.25, -0.2) is 0 Å². The zero-order valence-electron chi connectivity index (χ0n) is 6.83. The Morgan fingerprint density at radius 2 is 2.25 bits per heavy atom. The maximum Gasteiger partial charge on any atom is 0.308 e. The second kappa shape index (κ2) is 4.23. The second-order valence-corrected chi connectivity index (χ2v) is 3.72. The van der Waals surface area contributed by atoms with E-state index in [1.807, 2.05) is 19.2 Å². The van der Waals surface area contributed by atoms with Gasteiger partial charge in [-0.2, -0.15) is 0 Å². The van der Waals surface area contributed by atoms with E-state index in [4.69, 9.17) is 5.11 Å². The predicted octanol–water partition coefficient (Wildman–Crippen LogP) is 1.09. The molecule has 1 aromatic heterocycles. The Hall–Kier alpha value is -0.870. The highest BCUT2D eigenvalue weighted by Crippen LogP contribution is 2.16. The third-order valence-electron chi connectivity index (χ3n) is 1.39. The van der Waals surface area contributed by atoms with E-state index in [-0.39, 0.29) is 6.42 Å². The van der Waals surface area contributed by atoms with Crippen LogP contribution in [0.3, 0.4) is 0 Å². The zero-order valence-corrected chi connectivity index (χ0v) is 7.65. The molecule has 4 heteroatoms. The van der Waals surface area contributed by atoms with Gasteiger partial charge in [0.2, 0.25) is 0 Å². The first-order chi connectivity index (χ1) is 5.72. The Bertz CT molecular complexity index is 270. The number of hydrogen-bond acceptors (Lipinski definition) is 3. The lowest BCUT2D eigenvalue weighted by molar-refractivity contribution is -0.136. The van der Waals surface area contributed by atoms with Gasteiger partial charge in [0, 0.05) is 16.3 Å². The molecule has 0 amide bonds. The number of thiophene rings is 1. The van der Waals surface area contributed by atoms with E-state index in [0.717, 1.165) is 11.4 Å². The largest absolute Gasteiger partial charge is 0.481 e. The van der Waals surface area contributed by atoms with Crippen LogP contribution >= 0.6 is 11.3 Å². The van der Waals surface area contributed by atoms with Gasteiger partial charge in [-0.05, 0) is 19.2 Å². The molecule has 1 aromatic rings. The molecule has 1 rings (SSSR count). The molecule has 2 N–H and O–H groups in total. The minimum Gasteiger partial charge on any atom is -0.481 e. The van der Waals surface area contributed by atoms with E-state index >= 15 is 0 Å². The normalized spacial score (nSPS) is 10.1. The van der Waals surface area contributed by atoms with Crippen LogP contribution in [0.1, 0.15) is 9.75 Å². The molecule has 0 aliphatic carbocycles. The molecule has 0 unspecified atom stereocenters. The molecule has 0 atom stereocenters. The highest BCUT2D eigenvalue weighted by Gasteiger charge is 2.03. The number of carbonyl (C=O) groups is 1. The van der Waals surface area contributed by atoms with Gasteiger partial charge in [0.1, 0.15) is 0 Å². The Balaban J connectivity index is 2.58. The zero-order chi connectivity index (χ0) is 8.97. The standard InChI is InChI=1S/C8H11NO2S/c1-9-5-7-3-2-6(12-7)4-8(10)11/h2-3,9H,4-5H2,1H3,(H,10,11). The van der Waals surface area contributed by atoms with E-state index in [1.165, 1.54) is 4.88 Å². The number of nitrogens with one attached hydrogen (secondary N) is 1. The van der Waals surface area contributed by atoms with Crippen molar-refractivity contribution >= 4 is 17.3 Å². The summed E-state index contributed by atoms with van der Waals surface area (Å²) in [5.74, 6) is -0.771. The Labute approximate surface area is 75.0 Å². The van der Waals surface area contributed by atoms with Gasteiger partial charge in [-0.1, -0.05) is 0 Å². The highest BCUT2D eigenvalue weighted by molar-refractivity contribution is 7.12. The van der Waals surface area contributed by atoms with Crippen molar-refractivity contribution in [1.82, 2.24) is 5.32 Å². The quantitative estimate of drug-likeness (QED) is 0.738. The average molecular weight is 185 g/mol. The summed E-state index contributed by atoms with van der Waals surface area (Å²) >= 11 is 1.54. The van der Waals surface area contributed by atoms with Gasteiger partial charge in [-0.15, -0.1) is 11.3 Å². The number of aliphatic carboxylic acids is 1. The van der Waals surface area contributed by atoms with Crippen LogP contribution in [0, 0.1) is 0 Å². The highest BCUT2D eigenvalue weighted by atomic mass is 32.1. The number of hydrogen-bond donors (Lipinski definition) is 2. The lowest BCUT2D eigenvalue weighted by atomic mass is 10.3. The summed E-state index contributed by atoms with van der Waals surface area (Å²) in [6.45, 7) is 0.810. The molecule has 1 heterocycles. The van der Waals surface area contributed by atoms with Crippen LogP contribution < -0.4 is 5.32 Å². The number of carboxylic acid groups (broad SMARTS) is 1. The molecule has 0 bridgehead atoms. The number of rotatable bonds is 4. The maximum absolute atomic E-state index is 10.3. The smallest absolute Gasteiger partial charge is 0.308 e. The van der Waals surface area contributed by atoms with E-state index < -0.39 is 5.97 Å². The Morgan fingerprint density at radius 1 is 1.58 bits per heavy atom. The molecule has 0 saturated carbocycles. The molecule has 0 aromatic carbocycles. The van der Waals surface area contributed by atoms with E-state index in [1.54, 1.807) is 11.3 Å². The molecule has 0 spiro atoms. The Kier molecular flexibility index (Phi) is 3.25. The van der Waals surface area contributed by atoms with E-state index in [2.05, 4.69) is 5.32 Å². The molecule has 0 aliphatic heterocycles. The molecular weight excluding hydrogens is 174 g/mol. The Morgan fingerprint density at radius 3 is 2.83 bits per heavy atom. The fourth-order valence-corrected chi connectivity index (χ4v) is 1.96. The van der Waals surface area contributed by atoms with Gasteiger partial charge in [-0.3, -0.25) is 4.79 Å². The number of carboxylic acids is 1. The third kappa shape index (κ3) is 2.64. The van der Waals surface area contributed by atoms with Crippen LogP contribution in [0.2, 0.25) is 0 Å². The summed E-state index contributed by atoms with van der Waals surface area (Å²) < 4.78 is 0. The summed E-state index contributed by atoms with van der Waals surface area (Å²) in [7, 11) is 1.87. The van der Waals surface area contributed by atoms with Crippen molar-refractivity contribution in [3.05, 3.63) is 21.9 Å². The van der Waals surface area contributed by atoms with E-state index in [0.29, 0.717) is 0 Å². The first-order valence-electron chi connectivity index (χ1n) is 3.66. The molecule has 3 nitrogen and oxygen atoms in total. The summed E-state index contributed by atoms with van der Waals surface area (Å²) in [5.41, 5.74) is 0. The summed E-state index contributed by atoms with van der Waals surface area (Å²) in [6, 6.07) is 3.82. The molecular formula is C8H11NO2S. The topological polar surface area (TPSA) is 49.3 Å². The maximum atomic E-state index is 10.3. The lowest BCUT2D eigenvalue weighted by Crippen LogP contribution is -2.02. The van der Waals surface area contributed by atoms with Crippen LogP contribution in [-0.2, 0) is 17.8 Å². The van der Waals surface area contributed by atoms with E-state index in [9.17, 15) is 4.79 Å². The predicted molar refractivity (Wildman–Crippen MR) is 48.4 cm³/mol. The molecule has 66 valence electrons. The first-order valence-corrected chi connectivity index (χ1v) is 4.48. The fraction of sp³-hybridized carbons (Fsp3) is 0.375.